The Morgan fingerprint density at radius 1 is 1.13 bits per heavy atom. The number of aromatic nitrogens is 1. The summed E-state index contributed by atoms with van der Waals surface area (Å²) in [7, 11) is 4.19. The van der Waals surface area contributed by atoms with Crippen LogP contribution in [-0.4, -0.2) is 43.4 Å². The zero-order valence-corrected chi connectivity index (χ0v) is 22.5. The van der Waals surface area contributed by atoms with Gasteiger partial charge in [0.25, 0.3) is 11.2 Å². The number of benzene rings is 2. The standard InChI is InChI=1S/C26H25N3O9S/c1-6-38-25(32)21-13(2)27-26-28(22(21)15-7-8-17(35-3)18(12-15)36-4)24(31)20(39-26)11-14-9-16(29(33)34)23(30)19(10-14)37-5/h7-12,22,30H,6H2,1-5H3/p-1/b20-11-/t22-/m1/s1. The summed E-state index contributed by atoms with van der Waals surface area (Å²) in [6, 6.07) is 6.52. The van der Waals surface area contributed by atoms with Crippen LogP contribution >= 0.6 is 11.3 Å². The maximum absolute atomic E-state index is 13.8. The number of carbonyl (C=O) groups is 1. The highest BCUT2D eigenvalue weighted by molar-refractivity contribution is 7.07. The summed E-state index contributed by atoms with van der Waals surface area (Å²) in [5, 5.41) is 23.6. The first-order valence-electron chi connectivity index (χ1n) is 11.6. The summed E-state index contributed by atoms with van der Waals surface area (Å²) in [5.74, 6) is -0.869. The van der Waals surface area contributed by atoms with Crippen LogP contribution in [0.15, 0.2) is 51.4 Å². The summed E-state index contributed by atoms with van der Waals surface area (Å²) in [6.45, 7) is 3.45. The highest BCUT2D eigenvalue weighted by Gasteiger charge is 2.34. The molecule has 12 nitrogen and oxygen atoms in total. The van der Waals surface area contributed by atoms with Gasteiger partial charge in [-0.2, -0.15) is 0 Å². The molecule has 3 aromatic rings. The number of hydrogen-bond acceptors (Lipinski definition) is 11. The molecule has 0 N–H and O–H groups in total. The molecule has 0 bridgehead atoms. The summed E-state index contributed by atoms with van der Waals surface area (Å²) in [6.07, 6.45) is 1.41. The molecule has 0 saturated carbocycles. The average Bonchev–Trinajstić information content (AvgIpc) is 3.22. The lowest BCUT2D eigenvalue weighted by atomic mass is 9.95. The van der Waals surface area contributed by atoms with Gasteiger partial charge in [-0.15, -0.1) is 0 Å². The second-order valence-electron chi connectivity index (χ2n) is 8.25. The van der Waals surface area contributed by atoms with Crippen molar-refractivity contribution in [3.05, 3.63) is 82.5 Å². The van der Waals surface area contributed by atoms with Crippen molar-refractivity contribution in [2.75, 3.05) is 27.9 Å². The molecule has 204 valence electrons. The molecule has 1 aliphatic rings. The summed E-state index contributed by atoms with van der Waals surface area (Å²) in [4.78, 5) is 42.2. The normalized spacial score (nSPS) is 14.9. The third-order valence-electron chi connectivity index (χ3n) is 6.01. The van der Waals surface area contributed by atoms with Crippen molar-refractivity contribution in [1.82, 2.24) is 4.57 Å². The number of fused-ring (bicyclic) bond motifs is 1. The SMILES string of the molecule is CCOC(=O)C1=C(C)N=c2s/c(=C\c3cc(OC)c([O-])c([N+](=O)[O-])c3)c(=O)n2[C@@H]1c1ccc(OC)c(OC)c1. The molecule has 4 rings (SSSR count). The van der Waals surface area contributed by atoms with Crippen molar-refractivity contribution in [2.45, 2.75) is 19.9 Å². The number of methoxy groups -OCH3 is 3. The minimum absolute atomic E-state index is 0.120. The Morgan fingerprint density at radius 3 is 2.44 bits per heavy atom. The van der Waals surface area contributed by atoms with Crippen LogP contribution in [0.5, 0.6) is 23.0 Å². The van der Waals surface area contributed by atoms with E-state index in [1.54, 1.807) is 32.0 Å². The zero-order valence-electron chi connectivity index (χ0n) is 21.7. The zero-order chi connectivity index (χ0) is 28.4. The number of nitro groups is 1. The predicted molar refractivity (Wildman–Crippen MR) is 139 cm³/mol. The maximum atomic E-state index is 13.8. The van der Waals surface area contributed by atoms with E-state index in [9.17, 15) is 24.8 Å². The van der Waals surface area contributed by atoms with Crippen LogP contribution in [0.25, 0.3) is 6.08 Å². The molecule has 0 unspecified atom stereocenters. The van der Waals surface area contributed by atoms with Crippen LogP contribution in [-0.2, 0) is 9.53 Å². The molecular weight excluding hydrogens is 530 g/mol. The first-order chi connectivity index (χ1) is 18.6. The van der Waals surface area contributed by atoms with Crippen molar-refractivity contribution < 1.29 is 33.8 Å². The number of carbonyl (C=O) groups excluding carboxylic acids is 1. The number of nitrogens with zero attached hydrogens (tertiary/aromatic N) is 3. The van der Waals surface area contributed by atoms with Crippen LogP contribution < -0.4 is 34.2 Å². The summed E-state index contributed by atoms with van der Waals surface area (Å²) in [5.41, 5.74) is 0.126. The van der Waals surface area contributed by atoms with Crippen molar-refractivity contribution in [2.24, 2.45) is 4.99 Å². The Balaban J connectivity index is 1.99. The van der Waals surface area contributed by atoms with Gasteiger partial charge in [0.05, 0.1) is 54.7 Å². The van der Waals surface area contributed by atoms with Gasteiger partial charge in [0.15, 0.2) is 16.3 Å². The fourth-order valence-corrected chi connectivity index (χ4v) is 5.31. The maximum Gasteiger partial charge on any atom is 0.338 e. The lowest BCUT2D eigenvalue weighted by Crippen LogP contribution is -2.40. The third kappa shape index (κ3) is 4.95. The van der Waals surface area contributed by atoms with Gasteiger partial charge in [-0.05, 0) is 49.2 Å². The number of rotatable bonds is 8. The summed E-state index contributed by atoms with van der Waals surface area (Å²) < 4.78 is 22.6. The van der Waals surface area contributed by atoms with Gasteiger partial charge in [0.1, 0.15) is 5.75 Å². The van der Waals surface area contributed by atoms with E-state index < -0.39 is 33.9 Å². The number of allylic oxidation sites excluding steroid dienone is 1. The molecule has 2 aromatic carbocycles. The van der Waals surface area contributed by atoms with E-state index in [-0.39, 0.29) is 28.0 Å². The van der Waals surface area contributed by atoms with Gasteiger partial charge in [-0.25, -0.2) is 9.79 Å². The van der Waals surface area contributed by atoms with Crippen molar-refractivity contribution in [1.29, 1.82) is 0 Å². The van der Waals surface area contributed by atoms with Crippen LogP contribution in [0, 0.1) is 10.1 Å². The van der Waals surface area contributed by atoms with E-state index >= 15 is 0 Å². The second kappa shape index (κ2) is 11.0. The van der Waals surface area contributed by atoms with Gasteiger partial charge in [-0.1, -0.05) is 17.4 Å². The molecule has 1 aromatic heterocycles. The van der Waals surface area contributed by atoms with Crippen molar-refractivity contribution in [3.63, 3.8) is 0 Å². The van der Waals surface area contributed by atoms with Crippen LogP contribution in [0.4, 0.5) is 5.69 Å². The Morgan fingerprint density at radius 2 is 1.82 bits per heavy atom. The average molecular weight is 555 g/mol. The lowest BCUT2D eigenvalue weighted by molar-refractivity contribution is -0.398. The highest BCUT2D eigenvalue weighted by atomic mass is 32.1. The van der Waals surface area contributed by atoms with E-state index in [0.29, 0.717) is 27.6 Å². The number of esters is 1. The Hall–Kier alpha value is -4.65. The number of thiazole rings is 1. The first-order valence-corrected chi connectivity index (χ1v) is 12.4. The van der Waals surface area contributed by atoms with Gasteiger partial charge >= 0.3 is 5.97 Å². The number of nitro benzene ring substituents is 1. The van der Waals surface area contributed by atoms with Gasteiger partial charge in [0, 0.05) is 11.8 Å². The fourth-order valence-electron chi connectivity index (χ4n) is 4.26. The Kier molecular flexibility index (Phi) is 7.72. The van der Waals surface area contributed by atoms with Crippen LogP contribution in [0.1, 0.15) is 31.0 Å². The molecule has 0 radical (unpaired) electrons. The Bertz CT molecular complexity index is 1690. The molecule has 0 fully saturated rings. The molecule has 0 amide bonds. The third-order valence-corrected chi connectivity index (χ3v) is 7.00. The first kappa shape index (κ1) is 27.4. The summed E-state index contributed by atoms with van der Waals surface area (Å²) >= 11 is 1.03. The quantitative estimate of drug-likeness (QED) is 0.230. The van der Waals surface area contributed by atoms with E-state index in [4.69, 9.17) is 18.9 Å². The van der Waals surface area contributed by atoms with E-state index in [1.165, 1.54) is 38.0 Å². The Labute approximate surface area is 225 Å². The number of ether oxygens (including phenoxy) is 4. The minimum atomic E-state index is -0.907. The van der Waals surface area contributed by atoms with E-state index in [1.807, 2.05) is 0 Å². The van der Waals surface area contributed by atoms with E-state index in [2.05, 4.69) is 4.99 Å². The minimum Gasteiger partial charge on any atom is -0.865 e. The highest BCUT2D eigenvalue weighted by Crippen LogP contribution is 2.37. The van der Waals surface area contributed by atoms with Gasteiger partial charge < -0.3 is 24.1 Å². The molecule has 1 atom stereocenters. The molecular formula is C26H24N3O9S-. The fraction of sp³-hybridized carbons (Fsp3) is 0.269. The largest absolute Gasteiger partial charge is 0.865 e. The van der Waals surface area contributed by atoms with Crippen molar-refractivity contribution >= 4 is 29.1 Å². The van der Waals surface area contributed by atoms with Crippen molar-refractivity contribution in [3.8, 4) is 23.0 Å². The molecule has 39 heavy (non-hydrogen) atoms. The number of hydrogen-bond donors (Lipinski definition) is 0. The lowest BCUT2D eigenvalue weighted by Gasteiger charge is -2.25. The smallest absolute Gasteiger partial charge is 0.338 e. The molecule has 0 spiro atoms. The van der Waals surface area contributed by atoms with Crippen LogP contribution in [0.3, 0.4) is 0 Å². The monoisotopic (exact) mass is 554 g/mol. The molecule has 1 aliphatic heterocycles. The second-order valence-corrected chi connectivity index (χ2v) is 9.25. The van der Waals surface area contributed by atoms with Gasteiger partial charge in [0.2, 0.25) is 0 Å². The topological polar surface area (TPSA) is 155 Å². The predicted octanol–water partition coefficient (Wildman–Crippen LogP) is 1.81. The molecule has 13 heteroatoms. The molecule has 0 aliphatic carbocycles. The molecule has 0 saturated heterocycles. The van der Waals surface area contributed by atoms with Gasteiger partial charge in [-0.3, -0.25) is 19.5 Å². The molecule has 2 heterocycles. The van der Waals surface area contributed by atoms with Crippen LogP contribution in [0.2, 0.25) is 0 Å². The van der Waals surface area contributed by atoms with E-state index in [0.717, 1.165) is 17.4 Å².